The Hall–Kier alpha value is -1.47. The van der Waals surface area contributed by atoms with Crippen molar-refractivity contribution in [3.8, 4) is 0 Å². The van der Waals surface area contributed by atoms with Crippen molar-refractivity contribution >= 4 is 28.6 Å². The number of aromatic nitrogens is 2. The van der Waals surface area contributed by atoms with Crippen LogP contribution in [0.5, 0.6) is 0 Å². The van der Waals surface area contributed by atoms with Crippen LogP contribution in [-0.4, -0.2) is 23.0 Å². The Kier molecular flexibility index (Phi) is 5.69. The van der Waals surface area contributed by atoms with Crippen LogP contribution in [-0.2, 0) is 19.5 Å². The van der Waals surface area contributed by atoms with Gasteiger partial charge in [0.1, 0.15) is 5.01 Å². The number of hydrogen-bond acceptors (Lipinski definition) is 5. The van der Waals surface area contributed by atoms with E-state index >= 15 is 0 Å². The van der Waals surface area contributed by atoms with Gasteiger partial charge in [0.25, 0.3) is 0 Å². The summed E-state index contributed by atoms with van der Waals surface area (Å²) in [5.74, 6) is 0.786. The second kappa shape index (κ2) is 7.51. The molecule has 0 unspecified atom stereocenters. The fourth-order valence-corrected chi connectivity index (χ4v) is 3.55. The highest BCUT2D eigenvalue weighted by atomic mass is 32.1. The summed E-state index contributed by atoms with van der Waals surface area (Å²) in [7, 11) is 1.78. The molecule has 0 spiro atoms. The minimum Gasteiger partial charge on any atom is -0.351 e. The van der Waals surface area contributed by atoms with E-state index in [0.717, 1.165) is 34.6 Å². The molecule has 0 aliphatic rings. The Morgan fingerprint density at radius 3 is 2.57 bits per heavy atom. The van der Waals surface area contributed by atoms with Crippen molar-refractivity contribution < 1.29 is 0 Å². The van der Waals surface area contributed by atoms with Crippen molar-refractivity contribution in [1.82, 2.24) is 20.6 Å². The molecule has 0 bridgehead atoms. The van der Waals surface area contributed by atoms with Crippen LogP contribution in [0.25, 0.3) is 0 Å². The highest BCUT2D eigenvalue weighted by Crippen LogP contribution is 2.16. The minimum atomic E-state index is 0.699. The van der Waals surface area contributed by atoms with Gasteiger partial charge in [-0.15, -0.1) is 22.7 Å². The van der Waals surface area contributed by atoms with Crippen LogP contribution in [0, 0.1) is 13.8 Å². The average Bonchev–Trinajstić information content (AvgIpc) is 3.05. The first kappa shape index (κ1) is 15.9. The first-order valence-corrected chi connectivity index (χ1v) is 8.56. The minimum absolute atomic E-state index is 0.699. The van der Waals surface area contributed by atoms with E-state index < -0.39 is 0 Å². The zero-order chi connectivity index (χ0) is 15.2. The number of hydrogen-bond donors (Lipinski definition) is 2. The smallest absolute Gasteiger partial charge is 0.191 e. The zero-order valence-electron chi connectivity index (χ0n) is 12.9. The summed E-state index contributed by atoms with van der Waals surface area (Å²) >= 11 is 3.46. The zero-order valence-corrected chi connectivity index (χ0v) is 14.5. The number of thiazole rings is 2. The van der Waals surface area contributed by atoms with Crippen LogP contribution in [0.1, 0.15) is 32.4 Å². The lowest BCUT2D eigenvalue weighted by Crippen LogP contribution is -2.36. The molecule has 2 N–H and O–H groups in total. The SMILES string of the molecule is CCc1cnc(CNC(=NC)NCc2sc(C)nc2C)s1. The van der Waals surface area contributed by atoms with E-state index in [2.05, 4.69) is 32.5 Å². The van der Waals surface area contributed by atoms with Crippen molar-refractivity contribution in [2.75, 3.05) is 7.05 Å². The molecule has 21 heavy (non-hydrogen) atoms. The maximum Gasteiger partial charge on any atom is 0.191 e. The number of nitrogens with one attached hydrogen (secondary N) is 2. The molecule has 0 aromatic carbocycles. The van der Waals surface area contributed by atoms with E-state index in [1.807, 2.05) is 20.0 Å². The molecule has 7 heteroatoms. The molecule has 0 aliphatic heterocycles. The van der Waals surface area contributed by atoms with Gasteiger partial charge in [-0.2, -0.15) is 0 Å². The molecular formula is C14H21N5S2. The number of aryl methyl sites for hydroxylation is 3. The van der Waals surface area contributed by atoms with E-state index in [9.17, 15) is 0 Å². The van der Waals surface area contributed by atoms with Gasteiger partial charge in [-0.25, -0.2) is 9.97 Å². The van der Waals surface area contributed by atoms with E-state index in [1.165, 1.54) is 9.75 Å². The fourth-order valence-electron chi connectivity index (χ4n) is 1.87. The molecule has 5 nitrogen and oxygen atoms in total. The Bertz CT molecular complexity index is 615. The van der Waals surface area contributed by atoms with Crippen LogP contribution in [0.15, 0.2) is 11.2 Å². The van der Waals surface area contributed by atoms with E-state index in [4.69, 9.17) is 0 Å². The van der Waals surface area contributed by atoms with Crippen molar-refractivity contribution in [3.63, 3.8) is 0 Å². The van der Waals surface area contributed by atoms with Crippen LogP contribution in [0.4, 0.5) is 0 Å². The van der Waals surface area contributed by atoms with Crippen molar-refractivity contribution in [1.29, 1.82) is 0 Å². The lowest BCUT2D eigenvalue weighted by molar-refractivity contribution is 0.807. The summed E-state index contributed by atoms with van der Waals surface area (Å²) in [5, 5.41) is 8.79. The summed E-state index contributed by atoms with van der Waals surface area (Å²) in [4.78, 5) is 15.6. The van der Waals surface area contributed by atoms with Gasteiger partial charge in [0.05, 0.1) is 23.8 Å². The maximum absolute atomic E-state index is 4.43. The quantitative estimate of drug-likeness (QED) is 0.656. The van der Waals surface area contributed by atoms with E-state index in [0.29, 0.717) is 6.54 Å². The van der Waals surface area contributed by atoms with Crippen molar-refractivity contribution in [2.24, 2.45) is 4.99 Å². The predicted molar refractivity (Wildman–Crippen MR) is 90.1 cm³/mol. The largest absolute Gasteiger partial charge is 0.351 e. The Labute approximate surface area is 133 Å². The second-order valence-electron chi connectivity index (χ2n) is 4.59. The Morgan fingerprint density at radius 1 is 1.24 bits per heavy atom. The van der Waals surface area contributed by atoms with E-state index in [1.54, 1.807) is 29.7 Å². The van der Waals surface area contributed by atoms with Crippen LogP contribution >= 0.6 is 22.7 Å². The lowest BCUT2D eigenvalue weighted by Gasteiger charge is -2.10. The van der Waals surface area contributed by atoms with Gasteiger partial charge >= 0.3 is 0 Å². The summed E-state index contributed by atoms with van der Waals surface area (Å²) in [6.07, 6.45) is 2.98. The van der Waals surface area contributed by atoms with Crippen LogP contribution < -0.4 is 10.6 Å². The lowest BCUT2D eigenvalue weighted by atomic mass is 10.4. The molecule has 0 radical (unpaired) electrons. The molecule has 114 valence electrons. The van der Waals surface area contributed by atoms with Crippen LogP contribution in [0.3, 0.4) is 0 Å². The number of guanidine groups is 1. The topological polar surface area (TPSA) is 62.2 Å². The Morgan fingerprint density at radius 2 is 2.00 bits per heavy atom. The molecule has 0 atom stereocenters. The summed E-state index contributed by atoms with van der Waals surface area (Å²) in [5.41, 5.74) is 1.09. The normalized spacial score (nSPS) is 11.7. The molecule has 0 aliphatic carbocycles. The highest BCUT2D eigenvalue weighted by molar-refractivity contribution is 7.11. The maximum atomic E-state index is 4.43. The van der Waals surface area contributed by atoms with Gasteiger partial charge in [0, 0.05) is 23.0 Å². The van der Waals surface area contributed by atoms with Gasteiger partial charge in [-0.1, -0.05) is 6.92 Å². The van der Waals surface area contributed by atoms with Gasteiger partial charge in [0.15, 0.2) is 5.96 Å². The number of nitrogens with zero attached hydrogens (tertiary/aromatic N) is 3. The molecule has 2 aromatic heterocycles. The molecule has 0 fully saturated rings. The highest BCUT2D eigenvalue weighted by Gasteiger charge is 2.06. The first-order valence-electron chi connectivity index (χ1n) is 6.93. The average molecular weight is 323 g/mol. The monoisotopic (exact) mass is 323 g/mol. The Balaban J connectivity index is 1.84. The first-order chi connectivity index (χ1) is 10.1. The molecule has 2 rings (SSSR count). The number of aliphatic imine (C=N–C) groups is 1. The third kappa shape index (κ3) is 4.50. The van der Waals surface area contributed by atoms with Gasteiger partial charge in [0.2, 0.25) is 0 Å². The van der Waals surface area contributed by atoms with Gasteiger partial charge in [-0.3, -0.25) is 4.99 Å². The standard InChI is InChI=1S/C14H21N5S2/c1-5-11-6-16-13(21-11)8-18-14(15-4)17-7-12-9(2)19-10(3)20-12/h6H,5,7-8H2,1-4H3,(H2,15,17,18). The molecule has 0 saturated carbocycles. The summed E-state index contributed by atoms with van der Waals surface area (Å²) < 4.78 is 0. The van der Waals surface area contributed by atoms with Gasteiger partial charge < -0.3 is 10.6 Å². The number of rotatable bonds is 5. The molecule has 2 heterocycles. The molecule has 0 saturated heterocycles. The van der Waals surface area contributed by atoms with Crippen molar-refractivity contribution in [3.05, 3.63) is 31.7 Å². The third-order valence-electron chi connectivity index (χ3n) is 3.00. The fraction of sp³-hybridized carbons (Fsp3) is 0.500. The van der Waals surface area contributed by atoms with Crippen LogP contribution in [0.2, 0.25) is 0 Å². The molecular weight excluding hydrogens is 302 g/mol. The van der Waals surface area contributed by atoms with E-state index in [-0.39, 0.29) is 0 Å². The van der Waals surface area contributed by atoms with Crippen molar-refractivity contribution in [2.45, 2.75) is 40.3 Å². The molecule has 2 aromatic rings. The molecule has 0 amide bonds. The third-order valence-corrected chi connectivity index (χ3v) is 5.21. The summed E-state index contributed by atoms with van der Waals surface area (Å²) in [6.45, 7) is 7.66. The predicted octanol–water partition coefficient (Wildman–Crippen LogP) is 2.64. The summed E-state index contributed by atoms with van der Waals surface area (Å²) in [6, 6.07) is 0. The second-order valence-corrected chi connectivity index (χ2v) is 7.08. The van der Waals surface area contributed by atoms with Gasteiger partial charge in [-0.05, 0) is 20.3 Å².